The highest BCUT2D eigenvalue weighted by molar-refractivity contribution is 6.00. The van der Waals surface area contributed by atoms with Crippen LogP contribution in [0.3, 0.4) is 0 Å². The summed E-state index contributed by atoms with van der Waals surface area (Å²) >= 11 is 0. The summed E-state index contributed by atoms with van der Waals surface area (Å²) < 4.78 is 15.6. The number of aryl methyl sites for hydroxylation is 1. The van der Waals surface area contributed by atoms with Crippen LogP contribution < -0.4 is 5.32 Å². The molecule has 4 aromatic rings. The van der Waals surface area contributed by atoms with E-state index in [0.29, 0.717) is 0 Å². The van der Waals surface area contributed by atoms with Crippen LogP contribution in [0.25, 0.3) is 33.4 Å². The molecule has 1 atom stereocenters. The molecule has 0 radical (unpaired) electrons. The standard InChI is InChI=1S/C21H20FN5/c1-12-11-25-21-17(12)16(7-8-24-21)18-19(14-3-5-15(22)6-4-14)26-27-10-9-23-13(2)20(18)27/h3-8,11,13,23H,9-10H2,1-2H3,(H,24,25). The van der Waals surface area contributed by atoms with Crippen molar-refractivity contribution in [1.82, 2.24) is 25.1 Å². The van der Waals surface area contributed by atoms with Crippen molar-refractivity contribution in [3.63, 3.8) is 0 Å². The Kier molecular flexibility index (Phi) is 3.62. The number of rotatable bonds is 2. The van der Waals surface area contributed by atoms with E-state index in [-0.39, 0.29) is 11.9 Å². The number of benzene rings is 1. The minimum Gasteiger partial charge on any atom is -0.346 e. The maximum Gasteiger partial charge on any atom is 0.138 e. The molecule has 136 valence electrons. The average Bonchev–Trinajstić information content (AvgIpc) is 3.24. The summed E-state index contributed by atoms with van der Waals surface area (Å²) in [4.78, 5) is 7.71. The molecule has 3 aromatic heterocycles. The van der Waals surface area contributed by atoms with E-state index in [1.807, 2.05) is 12.4 Å². The normalized spacial score (nSPS) is 16.6. The van der Waals surface area contributed by atoms with Gasteiger partial charge in [0.1, 0.15) is 17.2 Å². The fourth-order valence-corrected chi connectivity index (χ4v) is 4.07. The van der Waals surface area contributed by atoms with Gasteiger partial charge in [-0.1, -0.05) is 0 Å². The van der Waals surface area contributed by atoms with E-state index in [2.05, 4.69) is 39.9 Å². The first-order chi connectivity index (χ1) is 13.1. The van der Waals surface area contributed by atoms with Crippen LogP contribution >= 0.6 is 0 Å². The number of hydrogen-bond acceptors (Lipinski definition) is 3. The van der Waals surface area contributed by atoms with Gasteiger partial charge < -0.3 is 10.3 Å². The van der Waals surface area contributed by atoms with E-state index in [4.69, 9.17) is 5.10 Å². The van der Waals surface area contributed by atoms with Gasteiger partial charge in [0.2, 0.25) is 0 Å². The first kappa shape index (κ1) is 16.2. The molecule has 4 heterocycles. The average molecular weight is 361 g/mol. The summed E-state index contributed by atoms with van der Waals surface area (Å²) in [6, 6.07) is 8.81. The number of hydrogen-bond donors (Lipinski definition) is 2. The van der Waals surface area contributed by atoms with E-state index >= 15 is 0 Å². The van der Waals surface area contributed by atoms with Crippen molar-refractivity contribution in [2.75, 3.05) is 6.54 Å². The lowest BCUT2D eigenvalue weighted by Gasteiger charge is -2.23. The molecule has 27 heavy (non-hydrogen) atoms. The van der Waals surface area contributed by atoms with E-state index in [1.165, 1.54) is 12.1 Å². The molecule has 0 bridgehead atoms. The summed E-state index contributed by atoms with van der Waals surface area (Å²) in [5, 5.41) is 9.56. The van der Waals surface area contributed by atoms with Gasteiger partial charge in [-0.25, -0.2) is 9.37 Å². The number of halogens is 1. The van der Waals surface area contributed by atoms with E-state index in [0.717, 1.165) is 57.8 Å². The minimum absolute atomic E-state index is 0.179. The second-order valence-corrected chi connectivity index (χ2v) is 7.07. The number of nitrogens with zero attached hydrogens (tertiary/aromatic N) is 3. The van der Waals surface area contributed by atoms with E-state index in [1.54, 1.807) is 12.1 Å². The molecule has 6 heteroatoms. The van der Waals surface area contributed by atoms with E-state index < -0.39 is 0 Å². The molecule has 0 fully saturated rings. The van der Waals surface area contributed by atoms with Crippen LogP contribution in [0.2, 0.25) is 0 Å². The lowest BCUT2D eigenvalue weighted by Crippen LogP contribution is -2.32. The fourth-order valence-electron chi connectivity index (χ4n) is 4.07. The van der Waals surface area contributed by atoms with Crippen LogP contribution in [-0.2, 0) is 6.54 Å². The Morgan fingerprint density at radius 1 is 1.19 bits per heavy atom. The highest BCUT2D eigenvalue weighted by Gasteiger charge is 2.28. The molecule has 5 rings (SSSR count). The lowest BCUT2D eigenvalue weighted by molar-refractivity contribution is 0.421. The zero-order chi connectivity index (χ0) is 18.5. The Morgan fingerprint density at radius 3 is 2.81 bits per heavy atom. The number of fused-ring (bicyclic) bond motifs is 2. The van der Waals surface area contributed by atoms with Gasteiger partial charge in [-0.3, -0.25) is 4.68 Å². The Balaban J connectivity index is 1.86. The van der Waals surface area contributed by atoms with Crippen molar-refractivity contribution in [2.24, 2.45) is 0 Å². The van der Waals surface area contributed by atoms with Gasteiger partial charge in [0.05, 0.1) is 12.2 Å². The third-order valence-electron chi connectivity index (χ3n) is 5.33. The molecule has 0 amide bonds. The molecular weight excluding hydrogens is 341 g/mol. The van der Waals surface area contributed by atoms with Crippen LogP contribution in [0.4, 0.5) is 4.39 Å². The van der Waals surface area contributed by atoms with Crippen molar-refractivity contribution < 1.29 is 4.39 Å². The predicted octanol–water partition coefficient (Wildman–Crippen LogP) is 4.21. The number of nitrogens with one attached hydrogen (secondary N) is 2. The Bertz CT molecular complexity index is 1140. The number of aromatic amines is 1. The van der Waals surface area contributed by atoms with Gasteiger partial charge >= 0.3 is 0 Å². The molecular formula is C21H20FN5. The van der Waals surface area contributed by atoms with Crippen molar-refractivity contribution in [2.45, 2.75) is 26.4 Å². The Labute approximate surface area is 156 Å². The first-order valence-electron chi connectivity index (χ1n) is 9.16. The fraction of sp³-hybridized carbons (Fsp3) is 0.238. The maximum absolute atomic E-state index is 13.5. The minimum atomic E-state index is -0.243. The molecule has 5 nitrogen and oxygen atoms in total. The van der Waals surface area contributed by atoms with Gasteiger partial charge in [0, 0.05) is 41.5 Å². The van der Waals surface area contributed by atoms with Crippen molar-refractivity contribution in [3.05, 3.63) is 59.8 Å². The smallest absolute Gasteiger partial charge is 0.138 e. The molecule has 1 unspecified atom stereocenters. The highest BCUT2D eigenvalue weighted by Crippen LogP contribution is 2.41. The number of aromatic nitrogens is 4. The molecule has 0 aliphatic carbocycles. The van der Waals surface area contributed by atoms with Crippen LogP contribution in [0.5, 0.6) is 0 Å². The van der Waals surface area contributed by atoms with Gasteiger partial charge in [-0.05, 0) is 55.3 Å². The maximum atomic E-state index is 13.5. The van der Waals surface area contributed by atoms with Crippen LogP contribution in [0.1, 0.15) is 24.2 Å². The second-order valence-electron chi connectivity index (χ2n) is 7.07. The van der Waals surface area contributed by atoms with Gasteiger partial charge in [0.25, 0.3) is 0 Å². The van der Waals surface area contributed by atoms with Gasteiger partial charge in [0.15, 0.2) is 0 Å². The molecule has 0 spiro atoms. The molecule has 1 aromatic carbocycles. The second kappa shape index (κ2) is 6.03. The van der Waals surface area contributed by atoms with E-state index in [9.17, 15) is 4.39 Å². The first-order valence-corrected chi connectivity index (χ1v) is 9.16. The summed E-state index contributed by atoms with van der Waals surface area (Å²) in [7, 11) is 0. The molecule has 2 N–H and O–H groups in total. The summed E-state index contributed by atoms with van der Waals surface area (Å²) in [5.74, 6) is -0.243. The lowest BCUT2D eigenvalue weighted by atomic mass is 9.94. The monoisotopic (exact) mass is 361 g/mol. The summed E-state index contributed by atoms with van der Waals surface area (Å²) in [6.45, 7) is 5.94. The summed E-state index contributed by atoms with van der Waals surface area (Å²) in [5.41, 5.74) is 7.17. The summed E-state index contributed by atoms with van der Waals surface area (Å²) in [6.07, 6.45) is 3.81. The Hall–Kier alpha value is -2.99. The van der Waals surface area contributed by atoms with Crippen molar-refractivity contribution in [1.29, 1.82) is 0 Å². The molecule has 1 aliphatic rings. The van der Waals surface area contributed by atoms with Crippen molar-refractivity contribution >= 4 is 11.0 Å². The van der Waals surface area contributed by atoms with Gasteiger partial charge in [-0.2, -0.15) is 5.10 Å². The van der Waals surface area contributed by atoms with Crippen LogP contribution in [-0.4, -0.2) is 26.3 Å². The molecule has 0 saturated carbocycles. The molecule has 0 saturated heterocycles. The third kappa shape index (κ3) is 2.48. The quantitative estimate of drug-likeness (QED) is 0.562. The highest BCUT2D eigenvalue weighted by atomic mass is 19.1. The Morgan fingerprint density at radius 2 is 2.00 bits per heavy atom. The molecule has 1 aliphatic heterocycles. The zero-order valence-electron chi connectivity index (χ0n) is 15.3. The number of H-pyrrole nitrogens is 1. The zero-order valence-corrected chi connectivity index (χ0v) is 15.3. The third-order valence-corrected chi connectivity index (χ3v) is 5.33. The van der Waals surface area contributed by atoms with Crippen molar-refractivity contribution in [3.8, 4) is 22.4 Å². The van der Waals surface area contributed by atoms with Crippen LogP contribution in [0.15, 0.2) is 42.7 Å². The predicted molar refractivity (Wildman–Crippen MR) is 104 cm³/mol. The topological polar surface area (TPSA) is 58.5 Å². The SMILES string of the molecule is Cc1c[nH]c2nccc(-c3c(-c4ccc(F)cc4)nn4c3C(C)NCC4)c12. The largest absolute Gasteiger partial charge is 0.346 e. The van der Waals surface area contributed by atoms with Crippen LogP contribution in [0, 0.1) is 12.7 Å². The van der Waals surface area contributed by atoms with Gasteiger partial charge in [-0.15, -0.1) is 0 Å². The number of pyridine rings is 1.